The highest BCUT2D eigenvalue weighted by atomic mass is 32.2. The summed E-state index contributed by atoms with van der Waals surface area (Å²) in [5.41, 5.74) is 2.73. The van der Waals surface area contributed by atoms with E-state index in [-0.39, 0.29) is 5.82 Å². The molecule has 2 heteroatoms. The Morgan fingerprint density at radius 2 is 1.72 bits per heavy atom. The van der Waals surface area contributed by atoms with Crippen LogP contribution in [0.15, 0.2) is 58.3 Å². The molecule has 0 aromatic heterocycles. The lowest BCUT2D eigenvalue weighted by Crippen LogP contribution is -1.93. The van der Waals surface area contributed by atoms with Gasteiger partial charge in [-0.25, -0.2) is 4.39 Å². The number of benzene rings is 2. The van der Waals surface area contributed by atoms with Gasteiger partial charge in [0.1, 0.15) is 5.82 Å². The molecule has 1 aliphatic rings. The first-order chi connectivity index (χ1) is 8.81. The number of fused-ring (bicyclic) bond motifs is 1. The Morgan fingerprint density at radius 1 is 0.944 bits per heavy atom. The molecule has 0 bridgehead atoms. The monoisotopic (exact) mass is 256 g/mol. The van der Waals surface area contributed by atoms with Crippen molar-refractivity contribution in [3.05, 3.63) is 65.5 Å². The van der Waals surface area contributed by atoms with Gasteiger partial charge in [0.05, 0.1) is 0 Å². The quantitative estimate of drug-likeness (QED) is 0.733. The van der Waals surface area contributed by atoms with Crippen LogP contribution < -0.4 is 0 Å². The number of allylic oxidation sites excluding steroid dienone is 1. The third-order valence-electron chi connectivity index (χ3n) is 3.04. The average molecular weight is 256 g/mol. The molecule has 0 nitrogen and oxygen atoms in total. The molecule has 18 heavy (non-hydrogen) atoms. The molecule has 0 amide bonds. The largest absolute Gasteiger partial charge is 0.207 e. The van der Waals surface area contributed by atoms with Gasteiger partial charge in [0.2, 0.25) is 0 Å². The van der Waals surface area contributed by atoms with E-state index in [1.165, 1.54) is 28.2 Å². The van der Waals surface area contributed by atoms with Gasteiger partial charge in [-0.15, -0.1) is 0 Å². The molecule has 0 saturated carbocycles. The minimum absolute atomic E-state index is 0.185. The number of hydrogen-bond acceptors (Lipinski definition) is 1. The molecule has 0 saturated heterocycles. The van der Waals surface area contributed by atoms with Gasteiger partial charge < -0.3 is 0 Å². The van der Waals surface area contributed by atoms with Crippen molar-refractivity contribution >= 4 is 17.8 Å². The number of halogens is 1. The first-order valence-electron chi connectivity index (χ1n) is 6.04. The fraction of sp³-hybridized carbons (Fsp3) is 0.125. The molecular weight excluding hydrogens is 243 g/mol. The summed E-state index contributed by atoms with van der Waals surface area (Å²) < 4.78 is 12.8. The highest BCUT2D eigenvalue weighted by molar-refractivity contribution is 7.99. The zero-order valence-corrected chi connectivity index (χ0v) is 10.7. The summed E-state index contributed by atoms with van der Waals surface area (Å²) in [6, 6.07) is 13.2. The van der Waals surface area contributed by atoms with E-state index in [9.17, 15) is 4.39 Å². The Bertz CT molecular complexity index is 585. The Kier molecular flexibility index (Phi) is 3.20. The minimum atomic E-state index is -0.185. The summed E-state index contributed by atoms with van der Waals surface area (Å²) in [7, 11) is 0. The molecule has 2 aromatic carbocycles. The maximum Gasteiger partial charge on any atom is 0.123 e. The summed E-state index contributed by atoms with van der Waals surface area (Å²) in [5.74, 6) is -0.185. The average Bonchev–Trinajstić information content (AvgIpc) is 2.41. The third kappa shape index (κ3) is 2.49. The number of rotatable bonds is 2. The van der Waals surface area contributed by atoms with Crippen LogP contribution in [0.3, 0.4) is 0 Å². The van der Waals surface area contributed by atoms with Crippen LogP contribution in [0.4, 0.5) is 4.39 Å². The molecule has 0 radical (unpaired) electrons. The van der Waals surface area contributed by atoms with Crippen molar-refractivity contribution in [3.63, 3.8) is 0 Å². The maximum atomic E-state index is 12.8. The smallest absolute Gasteiger partial charge is 0.123 e. The van der Waals surface area contributed by atoms with E-state index in [2.05, 4.69) is 30.4 Å². The third-order valence-corrected chi connectivity index (χ3v) is 4.04. The maximum absolute atomic E-state index is 12.8. The van der Waals surface area contributed by atoms with Crippen molar-refractivity contribution in [2.45, 2.75) is 22.6 Å². The molecule has 2 aromatic rings. The molecule has 0 fully saturated rings. The van der Waals surface area contributed by atoms with Gasteiger partial charge in [0.15, 0.2) is 0 Å². The molecule has 0 aliphatic heterocycles. The van der Waals surface area contributed by atoms with Crippen LogP contribution in [0.25, 0.3) is 6.08 Å². The van der Waals surface area contributed by atoms with Gasteiger partial charge in [-0.1, -0.05) is 30.0 Å². The van der Waals surface area contributed by atoms with Gasteiger partial charge in [-0.2, -0.15) is 0 Å². The molecule has 90 valence electrons. The van der Waals surface area contributed by atoms with Crippen LogP contribution in [0.1, 0.15) is 17.5 Å². The highest BCUT2D eigenvalue weighted by Gasteiger charge is 2.06. The van der Waals surface area contributed by atoms with E-state index in [4.69, 9.17) is 0 Å². The highest BCUT2D eigenvalue weighted by Crippen LogP contribution is 2.31. The van der Waals surface area contributed by atoms with Gasteiger partial charge in [-0.05, 0) is 60.4 Å². The van der Waals surface area contributed by atoms with E-state index in [1.807, 2.05) is 12.1 Å². The van der Waals surface area contributed by atoms with Crippen LogP contribution in [-0.2, 0) is 6.42 Å². The fourth-order valence-corrected chi connectivity index (χ4v) is 2.99. The topological polar surface area (TPSA) is 0 Å². The predicted molar refractivity (Wildman–Crippen MR) is 74.3 cm³/mol. The van der Waals surface area contributed by atoms with Crippen molar-refractivity contribution in [1.82, 2.24) is 0 Å². The van der Waals surface area contributed by atoms with Crippen molar-refractivity contribution < 1.29 is 4.39 Å². The summed E-state index contributed by atoms with van der Waals surface area (Å²) in [4.78, 5) is 2.29. The molecule has 3 rings (SSSR count). The van der Waals surface area contributed by atoms with E-state index in [1.54, 1.807) is 11.8 Å². The molecule has 0 heterocycles. The molecule has 0 N–H and O–H groups in total. The van der Waals surface area contributed by atoms with E-state index < -0.39 is 0 Å². The van der Waals surface area contributed by atoms with Crippen molar-refractivity contribution in [3.8, 4) is 0 Å². The van der Waals surface area contributed by atoms with Gasteiger partial charge in [-0.3, -0.25) is 0 Å². The second-order valence-electron chi connectivity index (χ2n) is 4.36. The van der Waals surface area contributed by atoms with Crippen molar-refractivity contribution in [2.75, 3.05) is 0 Å². The van der Waals surface area contributed by atoms with Gasteiger partial charge in [0, 0.05) is 9.79 Å². The zero-order valence-electron chi connectivity index (χ0n) is 9.90. The standard InChI is InChI=1S/C16H13FS/c17-14-6-9-15(10-7-14)18-16-8-5-12-3-1-2-4-13(12)11-16/h1,3,5-11H,2,4H2. The van der Waals surface area contributed by atoms with E-state index in [0.717, 1.165) is 17.7 Å². The predicted octanol–water partition coefficient (Wildman–Crippen LogP) is 4.94. The lowest BCUT2D eigenvalue weighted by molar-refractivity contribution is 0.626. The van der Waals surface area contributed by atoms with E-state index in [0.29, 0.717) is 0 Å². The SMILES string of the molecule is Fc1ccc(Sc2ccc3c(c2)CCC=C3)cc1. The van der Waals surface area contributed by atoms with Crippen LogP contribution >= 0.6 is 11.8 Å². The normalized spacial score (nSPS) is 13.4. The number of aryl methyl sites for hydroxylation is 1. The van der Waals surface area contributed by atoms with Crippen molar-refractivity contribution in [2.24, 2.45) is 0 Å². The minimum Gasteiger partial charge on any atom is -0.207 e. The van der Waals surface area contributed by atoms with Crippen LogP contribution in [0.2, 0.25) is 0 Å². The fourth-order valence-electron chi connectivity index (χ4n) is 2.11. The summed E-state index contributed by atoms with van der Waals surface area (Å²) in [5, 5.41) is 0. The van der Waals surface area contributed by atoms with Crippen LogP contribution in [-0.4, -0.2) is 0 Å². The molecule has 1 aliphatic carbocycles. The van der Waals surface area contributed by atoms with E-state index >= 15 is 0 Å². The Labute approximate surface area is 111 Å². The van der Waals surface area contributed by atoms with Crippen molar-refractivity contribution in [1.29, 1.82) is 0 Å². The van der Waals surface area contributed by atoms with Crippen LogP contribution in [0, 0.1) is 5.82 Å². The molecule has 0 atom stereocenters. The first kappa shape index (κ1) is 11.5. The molecular formula is C16H13FS. The summed E-state index contributed by atoms with van der Waals surface area (Å²) >= 11 is 1.68. The number of hydrogen-bond donors (Lipinski definition) is 0. The summed E-state index contributed by atoms with van der Waals surface area (Å²) in [6.45, 7) is 0. The zero-order chi connectivity index (χ0) is 12.4. The Hall–Kier alpha value is -1.54. The molecule has 0 spiro atoms. The first-order valence-corrected chi connectivity index (χ1v) is 6.86. The molecule has 0 unspecified atom stereocenters. The lowest BCUT2D eigenvalue weighted by Gasteiger charge is -2.11. The van der Waals surface area contributed by atoms with Crippen LogP contribution in [0.5, 0.6) is 0 Å². The second kappa shape index (κ2) is 4.99. The van der Waals surface area contributed by atoms with Gasteiger partial charge >= 0.3 is 0 Å². The summed E-state index contributed by atoms with van der Waals surface area (Å²) in [6.07, 6.45) is 6.64. The van der Waals surface area contributed by atoms with Gasteiger partial charge in [0.25, 0.3) is 0 Å². The second-order valence-corrected chi connectivity index (χ2v) is 5.50. The Balaban J connectivity index is 1.85. The lowest BCUT2D eigenvalue weighted by atomic mass is 9.98. The Morgan fingerprint density at radius 3 is 2.56 bits per heavy atom.